The predicted molar refractivity (Wildman–Crippen MR) is 94.3 cm³/mol. The van der Waals surface area contributed by atoms with Gasteiger partial charge in [0.15, 0.2) is 0 Å². The molecule has 0 spiro atoms. The van der Waals surface area contributed by atoms with E-state index < -0.39 is 0 Å². The molecular formula is C20H20ClNO2. The largest absolute Gasteiger partial charge is 0.508 e. The highest BCUT2D eigenvalue weighted by molar-refractivity contribution is 6.30. The van der Waals surface area contributed by atoms with Crippen molar-refractivity contribution < 1.29 is 9.90 Å². The minimum atomic E-state index is -0.372. The molecule has 0 atom stereocenters. The third-order valence-corrected chi connectivity index (χ3v) is 5.63. The van der Waals surface area contributed by atoms with Crippen molar-refractivity contribution in [2.45, 2.75) is 38.1 Å². The summed E-state index contributed by atoms with van der Waals surface area (Å²) >= 11 is 6.07. The number of phenolic OH excluding ortho intramolecular Hbond substituents is 1. The Balaban J connectivity index is 1.62. The van der Waals surface area contributed by atoms with Gasteiger partial charge in [0.25, 0.3) is 0 Å². The second-order valence-electron chi connectivity index (χ2n) is 6.93. The number of halogens is 1. The van der Waals surface area contributed by atoms with Crippen molar-refractivity contribution in [1.29, 1.82) is 0 Å². The molecule has 4 heteroatoms. The number of carbonyl (C=O) groups is 1. The lowest BCUT2D eigenvalue weighted by atomic mass is 9.89. The number of fused-ring (bicyclic) bond motifs is 1. The monoisotopic (exact) mass is 341 g/mol. The maximum Gasteiger partial charge on any atom is 0.233 e. The molecule has 1 amide bonds. The Kier molecular flexibility index (Phi) is 3.57. The Bertz CT molecular complexity index is 826. The smallest absolute Gasteiger partial charge is 0.233 e. The quantitative estimate of drug-likeness (QED) is 0.897. The number of amides is 1. The number of phenols is 1. The van der Waals surface area contributed by atoms with Crippen LogP contribution in [0.3, 0.4) is 0 Å². The summed E-state index contributed by atoms with van der Waals surface area (Å²) in [6, 6.07) is 11.4. The van der Waals surface area contributed by atoms with Gasteiger partial charge < -0.3 is 10.0 Å². The molecule has 1 heterocycles. The molecule has 1 saturated carbocycles. The van der Waals surface area contributed by atoms with E-state index in [2.05, 4.69) is 0 Å². The number of benzene rings is 2. The van der Waals surface area contributed by atoms with E-state index in [1.807, 2.05) is 42.2 Å². The zero-order chi connectivity index (χ0) is 16.9. The maximum absolute atomic E-state index is 13.2. The first-order valence-corrected chi connectivity index (χ1v) is 8.75. The van der Waals surface area contributed by atoms with Crippen LogP contribution in [0.1, 0.15) is 35.1 Å². The third kappa shape index (κ3) is 2.39. The van der Waals surface area contributed by atoms with Crippen LogP contribution >= 0.6 is 11.6 Å². The van der Waals surface area contributed by atoms with Gasteiger partial charge in [-0.2, -0.15) is 0 Å². The van der Waals surface area contributed by atoms with Crippen molar-refractivity contribution >= 4 is 17.5 Å². The summed E-state index contributed by atoms with van der Waals surface area (Å²) in [6.45, 7) is 3.27. The molecule has 0 bridgehead atoms. The molecule has 2 aliphatic rings. The average molecular weight is 342 g/mol. The molecule has 0 saturated heterocycles. The zero-order valence-electron chi connectivity index (χ0n) is 13.7. The van der Waals surface area contributed by atoms with E-state index in [-0.39, 0.29) is 11.3 Å². The first-order chi connectivity index (χ1) is 11.5. The van der Waals surface area contributed by atoms with Crippen LogP contribution in [-0.2, 0) is 23.2 Å². The third-order valence-electron chi connectivity index (χ3n) is 5.39. The number of hydrogen-bond acceptors (Lipinski definition) is 2. The highest BCUT2D eigenvalue weighted by atomic mass is 35.5. The molecule has 0 unspecified atom stereocenters. The Hall–Kier alpha value is -2.00. The van der Waals surface area contributed by atoms with Gasteiger partial charge in [0.05, 0.1) is 5.41 Å². The first kappa shape index (κ1) is 15.5. The van der Waals surface area contributed by atoms with Crippen LogP contribution in [0.2, 0.25) is 5.02 Å². The fourth-order valence-corrected chi connectivity index (χ4v) is 4.18. The van der Waals surface area contributed by atoms with Crippen molar-refractivity contribution in [3.63, 3.8) is 0 Å². The SMILES string of the molecule is Cc1cc(Cl)ccc1C1(C(=O)N2CCc3c(O)cccc3C2)CC1. The summed E-state index contributed by atoms with van der Waals surface area (Å²) in [7, 11) is 0. The maximum atomic E-state index is 13.2. The van der Waals surface area contributed by atoms with E-state index in [4.69, 9.17) is 11.6 Å². The van der Waals surface area contributed by atoms with Gasteiger partial charge in [-0.3, -0.25) is 4.79 Å². The van der Waals surface area contributed by atoms with Crippen LogP contribution in [0.15, 0.2) is 36.4 Å². The van der Waals surface area contributed by atoms with Gasteiger partial charge in [0.2, 0.25) is 5.91 Å². The molecule has 2 aromatic rings. The summed E-state index contributed by atoms with van der Waals surface area (Å²) < 4.78 is 0. The second-order valence-corrected chi connectivity index (χ2v) is 7.37. The van der Waals surface area contributed by atoms with Gasteiger partial charge in [0, 0.05) is 23.7 Å². The molecule has 1 aliphatic heterocycles. The van der Waals surface area contributed by atoms with Crippen LogP contribution in [0.4, 0.5) is 0 Å². The fourth-order valence-electron chi connectivity index (χ4n) is 3.95. The summed E-state index contributed by atoms with van der Waals surface area (Å²) in [5, 5.41) is 10.7. The van der Waals surface area contributed by atoms with Gasteiger partial charge >= 0.3 is 0 Å². The highest BCUT2D eigenvalue weighted by Gasteiger charge is 2.53. The lowest BCUT2D eigenvalue weighted by Gasteiger charge is -2.33. The fraction of sp³-hybridized carbons (Fsp3) is 0.350. The normalized spacial score (nSPS) is 18.2. The molecular weight excluding hydrogens is 322 g/mol. The number of aromatic hydroxyl groups is 1. The van der Waals surface area contributed by atoms with Crippen molar-refractivity contribution in [2.24, 2.45) is 0 Å². The van der Waals surface area contributed by atoms with E-state index >= 15 is 0 Å². The zero-order valence-corrected chi connectivity index (χ0v) is 14.4. The minimum absolute atomic E-state index is 0.210. The second kappa shape index (κ2) is 5.52. The standard InChI is InChI=1S/C20H20ClNO2/c1-13-11-15(21)5-6-17(13)20(8-9-20)19(24)22-10-7-16-14(12-22)3-2-4-18(16)23/h2-6,11,23H,7-10,12H2,1H3. The van der Waals surface area contributed by atoms with E-state index in [9.17, 15) is 9.90 Å². The van der Waals surface area contributed by atoms with Crippen LogP contribution in [0.5, 0.6) is 5.75 Å². The molecule has 0 radical (unpaired) electrons. The van der Waals surface area contributed by atoms with E-state index in [0.29, 0.717) is 30.3 Å². The van der Waals surface area contributed by atoms with Crippen molar-refractivity contribution in [3.05, 3.63) is 63.7 Å². The van der Waals surface area contributed by atoms with Crippen LogP contribution in [0, 0.1) is 6.92 Å². The summed E-state index contributed by atoms with van der Waals surface area (Å²) in [5.74, 6) is 0.552. The molecule has 4 rings (SSSR count). The molecule has 24 heavy (non-hydrogen) atoms. The van der Waals surface area contributed by atoms with Gasteiger partial charge in [-0.25, -0.2) is 0 Å². The minimum Gasteiger partial charge on any atom is -0.508 e. The lowest BCUT2D eigenvalue weighted by molar-refractivity contribution is -0.135. The number of aryl methyl sites for hydroxylation is 1. The Labute approximate surface area is 146 Å². The van der Waals surface area contributed by atoms with Gasteiger partial charge in [-0.05, 0) is 61.1 Å². The van der Waals surface area contributed by atoms with Crippen molar-refractivity contribution in [1.82, 2.24) is 4.90 Å². The molecule has 0 aromatic heterocycles. The summed E-state index contributed by atoms with van der Waals surface area (Å²) in [6.07, 6.45) is 2.51. The molecule has 2 aromatic carbocycles. The average Bonchev–Trinajstić information content (AvgIpc) is 3.35. The number of hydrogen-bond donors (Lipinski definition) is 1. The van der Waals surface area contributed by atoms with Crippen molar-refractivity contribution in [3.8, 4) is 5.75 Å². The summed E-state index contributed by atoms with van der Waals surface area (Å²) in [4.78, 5) is 15.2. The number of carbonyl (C=O) groups excluding carboxylic acids is 1. The number of rotatable bonds is 2. The van der Waals surface area contributed by atoms with E-state index in [1.54, 1.807) is 6.07 Å². The van der Waals surface area contributed by atoms with E-state index in [1.165, 1.54) is 0 Å². The van der Waals surface area contributed by atoms with Crippen LogP contribution < -0.4 is 0 Å². The first-order valence-electron chi connectivity index (χ1n) is 8.37. The Morgan fingerprint density at radius 1 is 1.25 bits per heavy atom. The van der Waals surface area contributed by atoms with Gasteiger partial charge in [-0.1, -0.05) is 29.8 Å². The Morgan fingerprint density at radius 2 is 2.04 bits per heavy atom. The van der Waals surface area contributed by atoms with Gasteiger partial charge in [-0.15, -0.1) is 0 Å². The lowest BCUT2D eigenvalue weighted by Crippen LogP contribution is -2.42. The number of nitrogens with zero attached hydrogens (tertiary/aromatic N) is 1. The topological polar surface area (TPSA) is 40.5 Å². The van der Waals surface area contributed by atoms with Crippen LogP contribution in [0.25, 0.3) is 0 Å². The molecule has 3 nitrogen and oxygen atoms in total. The Morgan fingerprint density at radius 3 is 2.75 bits per heavy atom. The van der Waals surface area contributed by atoms with Crippen LogP contribution in [-0.4, -0.2) is 22.5 Å². The summed E-state index contributed by atoms with van der Waals surface area (Å²) in [5.41, 5.74) is 3.86. The molecule has 1 aliphatic carbocycles. The van der Waals surface area contributed by atoms with Crippen molar-refractivity contribution in [2.75, 3.05) is 6.54 Å². The highest BCUT2D eigenvalue weighted by Crippen LogP contribution is 2.51. The molecule has 1 fully saturated rings. The molecule has 1 N–H and O–H groups in total. The predicted octanol–water partition coefficient (Wildman–Crippen LogP) is 3.97. The van der Waals surface area contributed by atoms with E-state index in [0.717, 1.165) is 35.1 Å². The van der Waals surface area contributed by atoms with Gasteiger partial charge in [0.1, 0.15) is 5.75 Å². The molecule has 124 valence electrons.